The number of nitrogens with zero attached hydrogens (tertiary/aromatic N) is 1. The van der Waals surface area contributed by atoms with Gasteiger partial charge in [-0.05, 0) is 60.2 Å². The SMILES string of the molecule is O=C(O)c1c2c(nc3ccc(F)cc13)-c1cc(F)c(-c3ccccc3)c(F)c1CCC2. The van der Waals surface area contributed by atoms with Gasteiger partial charge in [0.1, 0.15) is 17.5 Å². The minimum Gasteiger partial charge on any atom is -0.478 e. The van der Waals surface area contributed by atoms with Crippen LogP contribution in [0.5, 0.6) is 0 Å². The van der Waals surface area contributed by atoms with Crippen molar-refractivity contribution in [2.24, 2.45) is 0 Å². The molecule has 0 bridgehead atoms. The Morgan fingerprint density at radius 1 is 0.935 bits per heavy atom. The number of halogens is 3. The van der Waals surface area contributed by atoms with Gasteiger partial charge in [-0.1, -0.05) is 30.3 Å². The summed E-state index contributed by atoms with van der Waals surface area (Å²) in [5.74, 6) is -3.20. The van der Waals surface area contributed by atoms with Crippen LogP contribution in [-0.4, -0.2) is 16.1 Å². The maximum atomic E-state index is 15.6. The van der Waals surface area contributed by atoms with E-state index in [0.29, 0.717) is 36.0 Å². The fourth-order valence-corrected chi connectivity index (χ4v) is 4.41. The van der Waals surface area contributed by atoms with E-state index < -0.39 is 23.4 Å². The molecule has 1 aromatic heterocycles. The molecule has 0 saturated carbocycles. The summed E-state index contributed by atoms with van der Waals surface area (Å²) in [6, 6.07) is 13.4. The Bertz CT molecular complexity index is 1370. The molecule has 5 rings (SSSR count). The lowest BCUT2D eigenvalue weighted by Gasteiger charge is -2.16. The van der Waals surface area contributed by atoms with Crippen LogP contribution >= 0.6 is 0 Å². The molecule has 1 heterocycles. The molecule has 4 aromatic rings. The van der Waals surface area contributed by atoms with E-state index in [2.05, 4.69) is 4.98 Å². The van der Waals surface area contributed by atoms with Gasteiger partial charge in [-0.3, -0.25) is 0 Å². The molecule has 154 valence electrons. The summed E-state index contributed by atoms with van der Waals surface area (Å²) in [5.41, 5.74) is 1.68. The van der Waals surface area contributed by atoms with E-state index in [1.807, 2.05) is 0 Å². The summed E-state index contributed by atoms with van der Waals surface area (Å²) in [6.07, 6.45) is 1.08. The third kappa shape index (κ3) is 3.06. The van der Waals surface area contributed by atoms with Gasteiger partial charge in [0, 0.05) is 10.9 Å². The molecule has 31 heavy (non-hydrogen) atoms. The molecule has 0 radical (unpaired) electrons. The van der Waals surface area contributed by atoms with E-state index in [-0.39, 0.29) is 33.3 Å². The number of aromatic nitrogens is 1. The second-order valence-electron chi connectivity index (χ2n) is 7.57. The molecule has 0 aliphatic heterocycles. The Morgan fingerprint density at radius 2 is 1.68 bits per heavy atom. The molecule has 1 aliphatic rings. The summed E-state index contributed by atoms with van der Waals surface area (Å²) < 4.78 is 44.5. The maximum absolute atomic E-state index is 15.6. The number of hydrogen-bond acceptors (Lipinski definition) is 2. The fraction of sp³-hybridized carbons (Fsp3) is 0.120. The Kier molecular flexibility index (Phi) is 4.50. The van der Waals surface area contributed by atoms with Gasteiger partial charge in [0.2, 0.25) is 0 Å². The molecule has 3 nitrogen and oxygen atoms in total. The monoisotopic (exact) mass is 419 g/mol. The Hall–Kier alpha value is -3.67. The molecular weight excluding hydrogens is 403 g/mol. The first kappa shape index (κ1) is 19.3. The third-order valence-electron chi connectivity index (χ3n) is 5.75. The zero-order valence-corrected chi connectivity index (χ0v) is 16.3. The first-order valence-electron chi connectivity index (χ1n) is 9.88. The van der Waals surface area contributed by atoms with Crippen LogP contribution < -0.4 is 0 Å². The molecule has 1 N–H and O–H groups in total. The average Bonchev–Trinajstić information content (AvgIpc) is 2.92. The van der Waals surface area contributed by atoms with Gasteiger partial charge in [-0.25, -0.2) is 22.9 Å². The van der Waals surface area contributed by atoms with Gasteiger partial charge < -0.3 is 5.11 Å². The van der Waals surface area contributed by atoms with Crippen molar-refractivity contribution >= 4 is 16.9 Å². The molecule has 1 aliphatic carbocycles. The molecule has 0 saturated heterocycles. The van der Waals surface area contributed by atoms with Crippen molar-refractivity contribution in [3.63, 3.8) is 0 Å². The summed E-state index contributed by atoms with van der Waals surface area (Å²) in [5, 5.41) is 10.1. The van der Waals surface area contributed by atoms with Crippen LogP contribution in [0.15, 0.2) is 54.6 Å². The number of rotatable bonds is 2. The lowest BCUT2D eigenvalue weighted by molar-refractivity contribution is 0.0698. The highest BCUT2D eigenvalue weighted by molar-refractivity contribution is 6.06. The minimum atomic E-state index is -1.22. The van der Waals surface area contributed by atoms with Crippen molar-refractivity contribution in [3.8, 4) is 22.4 Å². The Labute approximate surface area is 175 Å². The highest BCUT2D eigenvalue weighted by Crippen LogP contribution is 2.40. The quantitative estimate of drug-likeness (QED) is 0.423. The van der Waals surface area contributed by atoms with E-state index in [0.717, 1.165) is 6.07 Å². The second kappa shape index (κ2) is 7.23. The van der Waals surface area contributed by atoms with Crippen molar-refractivity contribution in [2.75, 3.05) is 0 Å². The van der Waals surface area contributed by atoms with Crippen molar-refractivity contribution in [2.45, 2.75) is 19.3 Å². The number of fused-ring (bicyclic) bond motifs is 4. The molecule has 0 spiro atoms. The van der Waals surface area contributed by atoms with Crippen LogP contribution in [0.3, 0.4) is 0 Å². The predicted octanol–water partition coefficient (Wildman–Crippen LogP) is 6.17. The Morgan fingerprint density at radius 3 is 2.42 bits per heavy atom. The van der Waals surface area contributed by atoms with E-state index in [4.69, 9.17) is 0 Å². The summed E-state index contributed by atoms with van der Waals surface area (Å²) in [7, 11) is 0. The topological polar surface area (TPSA) is 50.2 Å². The van der Waals surface area contributed by atoms with E-state index >= 15 is 8.78 Å². The third-order valence-corrected chi connectivity index (χ3v) is 5.75. The van der Waals surface area contributed by atoms with E-state index in [1.54, 1.807) is 30.3 Å². The van der Waals surface area contributed by atoms with E-state index in [1.165, 1.54) is 18.2 Å². The predicted molar refractivity (Wildman–Crippen MR) is 111 cm³/mol. The largest absolute Gasteiger partial charge is 0.478 e. The molecule has 6 heteroatoms. The normalized spacial score (nSPS) is 12.9. The van der Waals surface area contributed by atoms with Crippen LogP contribution in [-0.2, 0) is 12.8 Å². The lowest BCUT2D eigenvalue weighted by atomic mass is 9.92. The van der Waals surface area contributed by atoms with Crippen LogP contribution in [0.2, 0.25) is 0 Å². The number of carboxylic acids is 1. The summed E-state index contributed by atoms with van der Waals surface area (Å²) >= 11 is 0. The number of aromatic carboxylic acids is 1. The number of hydrogen-bond donors (Lipinski definition) is 1. The smallest absolute Gasteiger partial charge is 0.336 e. The fourth-order valence-electron chi connectivity index (χ4n) is 4.41. The zero-order valence-electron chi connectivity index (χ0n) is 16.3. The minimum absolute atomic E-state index is 0.0692. The van der Waals surface area contributed by atoms with Gasteiger partial charge in [-0.2, -0.15) is 0 Å². The average molecular weight is 419 g/mol. The van der Waals surface area contributed by atoms with Gasteiger partial charge in [0.15, 0.2) is 0 Å². The van der Waals surface area contributed by atoms with E-state index in [9.17, 15) is 14.3 Å². The van der Waals surface area contributed by atoms with Gasteiger partial charge in [-0.15, -0.1) is 0 Å². The highest BCUT2D eigenvalue weighted by atomic mass is 19.1. The molecule has 0 atom stereocenters. The van der Waals surface area contributed by atoms with Crippen molar-refractivity contribution < 1.29 is 23.1 Å². The van der Waals surface area contributed by atoms with Crippen LogP contribution in [0.4, 0.5) is 13.2 Å². The molecule has 0 amide bonds. The maximum Gasteiger partial charge on any atom is 0.336 e. The number of pyridine rings is 1. The summed E-state index contributed by atoms with van der Waals surface area (Å²) in [4.78, 5) is 16.6. The Balaban J connectivity index is 1.85. The molecule has 0 fully saturated rings. The first-order chi connectivity index (χ1) is 15.0. The van der Waals surface area contributed by atoms with Gasteiger partial charge in [0.25, 0.3) is 0 Å². The van der Waals surface area contributed by atoms with Gasteiger partial charge >= 0.3 is 5.97 Å². The standard InChI is InChI=1S/C25H16F3NO2/c26-14-9-10-20-18(11-14)22(25(30)31)16-8-4-7-15-17(24(16)29-20)12-19(27)21(23(15)28)13-5-2-1-3-6-13/h1-3,5-6,9-12H,4,7-8H2,(H,30,31). The lowest BCUT2D eigenvalue weighted by Crippen LogP contribution is -2.08. The molecular formula is C25H16F3NO2. The summed E-state index contributed by atoms with van der Waals surface area (Å²) in [6.45, 7) is 0. The number of carbonyl (C=O) groups is 1. The van der Waals surface area contributed by atoms with Crippen molar-refractivity contribution in [1.29, 1.82) is 0 Å². The van der Waals surface area contributed by atoms with Crippen LogP contribution in [0.25, 0.3) is 33.3 Å². The van der Waals surface area contributed by atoms with Crippen LogP contribution in [0.1, 0.15) is 27.9 Å². The highest BCUT2D eigenvalue weighted by Gasteiger charge is 2.28. The second-order valence-corrected chi connectivity index (χ2v) is 7.57. The number of carboxylic acid groups (broad SMARTS) is 1. The molecule has 0 unspecified atom stereocenters. The molecule has 3 aromatic carbocycles. The van der Waals surface area contributed by atoms with Crippen molar-refractivity contribution in [3.05, 3.63) is 88.7 Å². The first-order valence-corrected chi connectivity index (χ1v) is 9.88. The van der Waals surface area contributed by atoms with Crippen molar-refractivity contribution in [1.82, 2.24) is 4.98 Å². The van der Waals surface area contributed by atoms with Crippen LogP contribution in [0, 0.1) is 17.5 Å². The van der Waals surface area contributed by atoms with Gasteiger partial charge in [0.05, 0.1) is 22.3 Å². The number of benzene rings is 3. The zero-order chi connectivity index (χ0) is 21.7.